The number of hydrogen-bond donors (Lipinski definition) is 2. The van der Waals surface area contributed by atoms with Gasteiger partial charge in [0.25, 0.3) is 0 Å². The van der Waals surface area contributed by atoms with Gasteiger partial charge in [0.15, 0.2) is 0 Å². The third kappa shape index (κ3) is 3.88. The van der Waals surface area contributed by atoms with Gasteiger partial charge in [-0.15, -0.1) is 0 Å². The Morgan fingerprint density at radius 2 is 1.52 bits per heavy atom. The van der Waals surface area contributed by atoms with Crippen LogP contribution in [-0.2, 0) is 9.59 Å². The predicted octanol–water partition coefficient (Wildman–Crippen LogP) is 4.92. The average molecular weight is 353 g/mol. The summed E-state index contributed by atoms with van der Waals surface area (Å²) < 4.78 is 0. The highest BCUT2D eigenvalue weighted by Gasteiger charge is 2.68. The second-order valence-electron chi connectivity index (χ2n) is 11.0. The van der Waals surface area contributed by atoms with Crippen molar-refractivity contribution in [2.45, 2.75) is 74.1 Å². The minimum Gasteiger partial charge on any atom is -0.481 e. The molecule has 2 aliphatic rings. The molecule has 0 saturated heterocycles. The van der Waals surface area contributed by atoms with E-state index >= 15 is 0 Å². The van der Waals surface area contributed by atoms with Crippen LogP contribution < -0.4 is 0 Å². The third-order valence-electron chi connectivity index (χ3n) is 6.96. The Bertz CT molecular complexity index is 539. The van der Waals surface area contributed by atoms with Crippen LogP contribution in [0.25, 0.3) is 0 Å². The Kier molecular flexibility index (Phi) is 5.09. The Morgan fingerprint density at radius 1 is 0.960 bits per heavy atom. The van der Waals surface area contributed by atoms with Gasteiger partial charge in [-0.05, 0) is 53.3 Å². The van der Waals surface area contributed by atoms with E-state index in [0.29, 0.717) is 12.3 Å². The first-order chi connectivity index (χ1) is 11.2. The fourth-order valence-corrected chi connectivity index (χ4v) is 6.11. The zero-order valence-corrected chi connectivity index (χ0v) is 16.9. The summed E-state index contributed by atoms with van der Waals surface area (Å²) in [5, 5.41) is 19.4. The van der Waals surface area contributed by atoms with E-state index in [-0.39, 0.29) is 39.9 Å². The van der Waals surface area contributed by atoms with E-state index in [4.69, 9.17) is 0 Å². The first-order valence-corrected chi connectivity index (χ1v) is 9.65. The number of rotatable bonds is 4. The summed E-state index contributed by atoms with van der Waals surface area (Å²) >= 11 is 0. The normalized spacial score (nSPS) is 39.1. The maximum Gasteiger partial charge on any atom is 0.307 e. The quantitative estimate of drug-likeness (QED) is 0.753. The van der Waals surface area contributed by atoms with Gasteiger partial charge in [-0.3, -0.25) is 9.59 Å². The molecule has 0 amide bonds. The van der Waals surface area contributed by atoms with Crippen molar-refractivity contribution in [3.8, 4) is 0 Å². The summed E-state index contributed by atoms with van der Waals surface area (Å²) in [6, 6.07) is 0. The molecule has 2 saturated carbocycles. The van der Waals surface area contributed by atoms with Crippen LogP contribution in [0.3, 0.4) is 0 Å². The molecule has 2 fully saturated rings. The summed E-state index contributed by atoms with van der Waals surface area (Å²) in [6.45, 7) is 14.9. The van der Waals surface area contributed by atoms with Crippen molar-refractivity contribution in [3.05, 3.63) is 0 Å². The number of aliphatic carboxylic acids is 2. The van der Waals surface area contributed by atoms with Crippen molar-refractivity contribution in [2.75, 3.05) is 0 Å². The van der Waals surface area contributed by atoms with E-state index < -0.39 is 11.9 Å². The highest BCUT2D eigenvalue weighted by Crippen LogP contribution is 2.69. The molecule has 0 radical (unpaired) electrons. The van der Waals surface area contributed by atoms with Crippen LogP contribution in [0.4, 0.5) is 0 Å². The van der Waals surface area contributed by atoms with Gasteiger partial charge < -0.3 is 10.2 Å². The van der Waals surface area contributed by atoms with E-state index in [9.17, 15) is 19.8 Å². The molecule has 4 heteroatoms. The second kappa shape index (κ2) is 6.28. The second-order valence-corrected chi connectivity index (χ2v) is 11.0. The molecular weight excluding hydrogens is 316 g/mol. The lowest BCUT2D eigenvalue weighted by Crippen LogP contribution is -2.38. The Hall–Kier alpha value is -1.06. The van der Waals surface area contributed by atoms with Crippen LogP contribution in [-0.4, -0.2) is 22.2 Å². The molecular formula is C21H36O4. The molecule has 0 heterocycles. The van der Waals surface area contributed by atoms with Gasteiger partial charge in [-0.1, -0.05) is 54.9 Å². The maximum absolute atomic E-state index is 11.8. The van der Waals surface area contributed by atoms with E-state index in [1.54, 1.807) is 0 Å². The highest BCUT2D eigenvalue weighted by molar-refractivity contribution is 5.76. The van der Waals surface area contributed by atoms with Gasteiger partial charge in [0, 0.05) is 0 Å². The molecule has 0 aromatic heterocycles. The van der Waals surface area contributed by atoms with Crippen LogP contribution in [0.1, 0.15) is 74.1 Å². The van der Waals surface area contributed by atoms with Crippen LogP contribution in [0.5, 0.6) is 0 Å². The van der Waals surface area contributed by atoms with E-state index in [1.807, 2.05) is 0 Å². The molecule has 6 unspecified atom stereocenters. The van der Waals surface area contributed by atoms with Crippen molar-refractivity contribution < 1.29 is 19.8 Å². The molecule has 2 N–H and O–H groups in total. The first kappa shape index (κ1) is 20.3. The van der Waals surface area contributed by atoms with E-state index in [1.165, 1.54) is 0 Å². The Labute approximate surface area is 152 Å². The van der Waals surface area contributed by atoms with Gasteiger partial charge in [0.05, 0.1) is 11.8 Å². The lowest BCUT2D eigenvalue weighted by molar-refractivity contribution is -0.148. The first-order valence-electron chi connectivity index (χ1n) is 9.65. The van der Waals surface area contributed by atoms with Gasteiger partial charge in [-0.2, -0.15) is 0 Å². The van der Waals surface area contributed by atoms with E-state index in [2.05, 4.69) is 48.5 Å². The van der Waals surface area contributed by atoms with Crippen molar-refractivity contribution in [3.63, 3.8) is 0 Å². The van der Waals surface area contributed by atoms with Crippen LogP contribution >= 0.6 is 0 Å². The summed E-state index contributed by atoms with van der Waals surface area (Å²) in [5.74, 6) is -1.30. The minimum absolute atomic E-state index is 0.00491. The van der Waals surface area contributed by atoms with Gasteiger partial charge in [0.1, 0.15) is 0 Å². The lowest BCUT2D eigenvalue weighted by Gasteiger charge is -2.42. The van der Waals surface area contributed by atoms with Crippen LogP contribution in [0.15, 0.2) is 0 Å². The molecule has 0 aliphatic heterocycles. The summed E-state index contributed by atoms with van der Waals surface area (Å²) in [4.78, 5) is 23.6. The van der Waals surface area contributed by atoms with Crippen molar-refractivity contribution in [1.82, 2.24) is 0 Å². The average Bonchev–Trinajstić information content (AvgIpc) is 3.03. The molecule has 25 heavy (non-hydrogen) atoms. The van der Waals surface area contributed by atoms with Crippen LogP contribution in [0.2, 0.25) is 0 Å². The van der Waals surface area contributed by atoms with Crippen molar-refractivity contribution in [1.29, 1.82) is 0 Å². The third-order valence-corrected chi connectivity index (χ3v) is 6.96. The zero-order valence-electron chi connectivity index (χ0n) is 16.9. The summed E-state index contributed by atoms with van der Waals surface area (Å²) in [7, 11) is 0. The predicted molar refractivity (Wildman–Crippen MR) is 98.2 cm³/mol. The molecule has 144 valence electrons. The smallest absolute Gasteiger partial charge is 0.307 e. The summed E-state index contributed by atoms with van der Waals surface area (Å²) in [6.07, 6.45) is 3.48. The van der Waals surface area contributed by atoms with Gasteiger partial charge in [-0.25, -0.2) is 0 Å². The fraction of sp³-hybridized carbons (Fsp3) is 0.905. The van der Waals surface area contributed by atoms with Crippen molar-refractivity contribution >= 4 is 11.9 Å². The molecule has 6 atom stereocenters. The number of carbonyl (C=O) groups is 2. The largest absolute Gasteiger partial charge is 0.481 e. The topological polar surface area (TPSA) is 74.6 Å². The monoisotopic (exact) mass is 352 g/mol. The van der Waals surface area contributed by atoms with Crippen LogP contribution in [0, 0.1) is 45.8 Å². The standard InChI is InChI=1S/C21H36O4/c1-19(2,3)14-9-8-12(10-13(14)17(22)23)11-21(7)15(18(24)25)16(21)20(4,5)6/h12-16H,8-11H2,1-7H3,(H,22,23)(H,24,25). The number of carboxylic acid groups (broad SMARTS) is 2. The fourth-order valence-electron chi connectivity index (χ4n) is 6.11. The highest BCUT2D eigenvalue weighted by atomic mass is 16.4. The minimum atomic E-state index is -0.694. The Morgan fingerprint density at radius 3 is 1.88 bits per heavy atom. The Balaban J connectivity index is 2.14. The SMILES string of the molecule is CC(C)(C)C1CCC(CC2(C)C(C(=O)O)C2C(C)(C)C)CC1C(=O)O. The van der Waals surface area contributed by atoms with Crippen molar-refractivity contribution in [2.24, 2.45) is 45.8 Å². The molecule has 0 bridgehead atoms. The molecule has 0 spiro atoms. The molecule has 4 nitrogen and oxygen atoms in total. The molecule has 0 aromatic rings. The number of hydrogen-bond acceptors (Lipinski definition) is 2. The molecule has 2 aliphatic carbocycles. The molecule has 2 rings (SSSR count). The summed E-state index contributed by atoms with van der Waals surface area (Å²) in [5.41, 5.74) is -0.242. The van der Waals surface area contributed by atoms with Gasteiger partial charge in [0.2, 0.25) is 0 Å². The lowest BCUT2D eigenvalue weighted by atomic mass is 9.62. The number of carboxylic acids is 2. The van der Waals surface area contributed by atoms with E-state index in [0.717, 1.165) is 19.3 Å². The maximum atomic E-state index is 11.8. The molecule has 0 aromatic carbocycles. The van der Waals surface area contributed by atoms with Gasteiger partial charge >= 0.3 is 11.9 Å². The zero-order chi connectivity index (χ0) is 19.4.